The number of nitrogens with zero attached hydrogens (tertiary/aromatic N) is 3. The summed E-state index contributed by atoms with van der Waals surface area (Å²) in [7, 11) is 50.1. The van der Waals surface area contributed by atoms with Gasteiger partial charge in [0, 0.05) is 54.9 Å². The molecule has 0 bridgehead atoms. The van der Waals surface area contributed by atoms with E-state index in [1.807, 2.05) is 22.8 Å². The lowest BCUT2D eigenvalue weighted by molar-refractivity contribution is 1.17. The second-order valence-corrected chi connectivity index (χ2v) is 19.5. The molecule has 0 saturated heterocycles. The zero-order valence-electron chi connectivity index (χ0n) is 41.2. The smallest absolute Gasteiger partial charge is 0.115 e. The van der Waals surface area contributed by atoms with Gasteiger partial charge in [0.15, 0.2) is 0 Å². The van der Waals surface area contributed by atoms with Gasteiger partial charge in [-0.15, -0.1) is 10.9 Å². The molecule has 0 fully saturated rings. The highest BCUT2D eigenvalue weighted by molar-refractivity contribution is 6.69. The molecule has 14 radical (unpaired) electrons. The van der Waals surface area contributed by atoms with Crippen LogP contribution in [-0.2, 0) is 0 Å². The van der Waals surface area contributed by atoms with Gasteiger partial charge in [0.2, 0.25) is 0 Å². The van der Waals surface area contributed by atoms with Crippen molar-refractivity contribution in [2.75, 3.05) is 0 Å². The van der Waals surface area contributed by atoms with Gasteiger partial charge in [-0.05, 0) is 105 Å². The Morgan fingerprint density at radius 3 is 1.53 bits per heavy atom. The molecule has 76 heavy (non-hydrogen) atoms. The van der Waals surface area contributed by atoms with Gasteiger partial charge < -0.3 is 13.7 Å². The van der Waals surface area contributed by atoms with Crippen LogP contribution in [0.15, 0.2) is 218 Å². The molecule has 0 saturated carbocycles. The summed E-state index contributed by atoms with van der Waals surface area (Å²) in [6, 6.07) is 76.2. The minimum absolute atomic E-state index is 0.162. The Morgan fingerprint density at radius 2 is 0.776 bits per heavy atom. The van der Waals surface area contributed by atoms with Gasteiger partial charge in [-0.1, -0.05) is 185 Å². The summed E-state index contributed by atoms with van der Waals surface area (Å²) >= 11 is 0. The molecular formula is C66H36B7N3. The molecule has 0 aliphatic heterocycles. The largest absolute Gasteiger partial charge is 0.311 e. The maximum absolute atomic E-state index is 7.60. The van der Waals surface area contributed by atoms with E-state index in [2.05, 4.69) is 209 Å². The highest BCUT2D eigenvalue weighted by atomic mass is 15.0. The topological polar surface area (TPSA) is 14.8 Å². The molecule has 0 aliphatic carbocycles. The molecule has 3 nitrogen and oxygen atoms in total. The third-order valence-corrected chi connectivity index (χ3v) is 15.4. The summed E-state index contributed by atoms with van der Waals surface area (Å²) in [6.45, 7) is 0. The predicted molar refractivity (Wildman–Crippen MR) is 329 cm³/mol. The van der Waals surface area contributed by atoms with Crippen molar-refractivity contribution in [3.63, 3.8) is 0 Å². The van der Waals surface area contributed by atoms with Crippen LogP contribution in [0.2, 0.25) is 0 Å². The minimum atomic E-state index is 0.162. The first kappa shape index (κ1) is 45.9. The van der Waals surface area contributed by atoms with Crippen molar-refractivity contribution in [1.29, 1.82) is 0 Å². The van der Waals surface area contributed by atoms with Crippen molar-refractivity contribution in [3.05, 3.63) is 218 Å². The molecule has 0 unspecified atom stereocenters. The number of aromatic nitrogens is 3. The van der Waals surface area contributed by atoms with Crippen LogP contribution >= 0.6 is 0 Å². The van der Waals surface area contributed by atoms with Gasteiger partial charge in [0.05, 0.1) is 27.8 Å². The number of hydrogen-bond acceptors (Lipinski definition) is 0. The van der Waals surface area contributed by atoms with Gasteiger partial charge >= 0.3 is 0 Å². The van der Waals surface area contributed by atoms with Crippen LogP contribution in [0.5, 0.6) is 0 Å². The van der Waals surface area contributed by atoms with Crippen molar-refractivity contribution in [1.82, 2.24) is 13.7 Å². The van der Waals surface area contributed by atoms with E-state index in [-0.39, 0.29) is 21.9 Å². The lowest BCUT2D eigenvalue weighted by Crippen LogP contribution is -2.48. The molecule has 0 spiro atoms. The number of rotatable bonds is 7. The van der Waals surface area contributed by atoms with Crippen LogP contribution < -0.4 is 38.2 Å². The van der Waals surface area contributed by atoms with Crippen molar-refractivity contribution >= 4 is 159 Å². The van der Waals surface area contributed by atoms with Crippen LogP contribution in [0.1, 0.15) is 0 Å². The molecule has 11 aromatic carbocycles. The second kappa shape index (κ2) is 17.7. The molecule has 0 aliphatic rings. The Morgan fingerprint density at radius 1 is 0.250 bits per heavy atom. The summed E-state index contributed by atoms with van der Waals surface area (Å²) in [6.07, 6.45) is 0. The van der Waals surface area contributed by atoms with Crippen LogP contribution in [0.3, 0.4) is 0 Å². The summed E-state index contributed by atoms with van der Waals surface area (Å²) in [4.78, 5) is 0. The van der Waals surface area contributed by atoms with Crippen LogP contribution in [-0.4, -0.2) is 68.6 Å². The Balaban J connectivity index is 1.02. The molecule has 0 N–H and O–H groups in total. The first-order chi connectivity index (χ1) is 37.2. The van der Waals surface area contributed by atoms with E-state index in [0.29, 0.717) is 43.8 Å². The first-order valence-electron chi connectivity index (χ1n) is 25.2. The molecular weight excluding hydrogens is 910 g/mol. The molecule has 10 heteroatoms. The molecule has 14 rings (SSSR count). The fourth-order valence-corrected chi connectivity index (χ4v) is 12.0. The highest BCUT2D eigenvalue weighted by Gasteiger charge is 2.26. The van der Waals surface area contributed by atoms with Crippen molar-refractivity contribution in [3.8, 4) is 61.6 Å². The fourth-order valence-electron chi connectivity index (χ4n) is 12.0. The van der Waals surface area contributed by atoms with Crippen LogP contribution in [0, 0.1) is 0 Å². The fraction of sp³-hybridized carbons (Fsp3) is 0. The van der Waals surface area contributed by atoms with Crippen molar-refractivity contribution < 1.29 is 0 Å². The molecule has 336 valence electrons. The average Bonchev–Trinajstić information content (AvgIpc) is 4.15. The van der Waals surface area contributed by atoms with E-state index in [1.54, 1.807) is 0 Å². The van der Waals surface area contributed by atoms with Gasteiger partial charge in [-0.2, -0.15) is 0 Å². The summed E-state index contributed by atoms with van der Waals surface area (Å²) in [5.41, 5.74) is 17.8. The first-order valence-corrected chi connectivity index (χ1v) is 25.2. The van der Waals surface area contributed by atoms with Gasteiger partial charge in [0.1, 0.15) is 54.9 Å². The predicted octanol–water partition coefficient (Wildman–Crippen LogP) is 9.20. The van der Waals surface area contributed by atoms with Crippen LogP contribution in [0.25, 0.3) is 127 Å². The molecule has 0 atom stereocenters. The van der Waals surface area contributed by atoms with Gasteiger partial charge in [-0.3, -0.25) is 0 Å². The third kappa shape index (κ3) is 6.79. The minimum Gasteiger partial charge on any atom is -0.311 e. The van der Waals surface area contributed by atoms with Crippen LogP contribution in [0.4, 0.5) is 0 Å². The number of para-hydroxylation sites is 2. The SMILES string of the molecule is [B]c1c([B])c([B])c2c(c1[B])c1c([B])c(-c3ccc4c(c3)c3c(-c5ccccc5)cccc3n4-c3cccc(-c4ccccc4)c3)c([B])c([B])c1n2-c1ccc2c(c1)c1ccccc1n2-c1ccccc1-c1ccccc1. The number of benzene rings is 11. The number of fused-ring (bicyclic) bond motifs is 9. The lowest BCUT2D eigenvalue weighted by atomic mass is 9.64. The van der Waals surface area contributed by atoms with Gasteiger partial charge in [-0.25, -0.2) is 0 Å². The van der Waals surface area contributed by atoms with E-state index in [0.717, 1.165) is 99.6 Å². The third-order valence-electron chi connectivity index (χ3n) is 15.4. The quantitative estimate of drug-likeness (QED) is 0.142. The van der Waals surface area contributed by atoms with E-state index >= 15 is 0 Å². The zero-order valence-corrected chi connectivity index (χ0v) is 41.2. The molecule has 0 amide bonds. The lowest BCUT2D eigenvalue weighted by Gasteiger charge is -2.19. The van der Waals surface area contributed by atoms with E-state index in [4.69, 9.17) is 54.9 Å². The average molecular weight is 947 g/mol. The Labute approximate surface area is 449 Å². The van der Waals surface area contributed by atoms with E-state index < -0.39 is 0 Å². The summed E-state index contributed by atoms with van der Waals surface area (Å²) < 4.78 is 6.65. The van der Waals surface area contributed by atoms with Gasteiger partial charge in [0.25, 0.3) is 0 Å². The van der Waals surface area contributed by atoms with E-state index in [9.17, 15) is 0 Å². The summed E-state index contributed by atoms with van der Waals surface area (Å²) in [5, 5.41) is 5.26. The molecule has 3 heterocycles. The Kier molecular flexibility index (Phi) is 10.7. The molecule has 3 aromatic heterocycles. The van der Waals surface area contributed by atoms with Crippen molar-refractivity contribution in [2.24, 2.45) is 0 Å². The maximum Gasteiger partial charge on any atom is 0.115 e. The van der Waals surface area contributed by atoms with E-state index in [1.165, 1.54) is 0 Å². The van der Waals surface area contributed by atoms with Crippen molar-refractivity contribution in [2.45, 2.75) is 0 Å². The Hall–Kier alpha value is -8.73. The molecule has 14 aromatic rings. The maximum atomic E-state index is 7.60. The monoisotopic (exact) mass is 947 g/mol. The standard InChI is InChI=1S/C66H36B7N3/c67-58-54(41-30-32-52-48(35-41)55-45(39-20-8-3-9-21-39)26-15-29-53(55)74(52)42-23-14-22-40(34-42)37-16-4-1-5-17-37)59(68)63(72)65-56(58)57-60(69)61(70)62(71)64(73)66(57)75(65)43-31-33-51-47(36-43)46-25-11-13-28-50(46)76(51)49-27-12-10-24-44(49)38-18-6-2-7-19-38/h1-36H. The Bertz CT molecular complexity index is 4710. The number of hydrogen-bond donors (Lipinski definition) is 0. The highest BCUT2D eigenvalue weighted by Crippen LogP contribution is 2.42. The second-order valence-electron chi connectivity index (χ2n) is 19.5. The zero-order chi connectivity index (χ0) is 51.5. The summed E-state index contributed by atoms with van der Waals surface area (Å²) in [5.74, 6) is 0. The normalized spacial score (nSPS) is 11.8.